The second kappa shape index (κ2) is 11.1. The maximum absolute atomic E-state index is 14.9. The first kappa shape index (κ1) is 33.0. The summed E-state index contributed by atoms with van der Waals surface area (Å²) in [6, 6.07) is -0.299. The molecule has 0 radical (unpaired) electrons. The van der Waals surface area contributed by atoms with Crippen molar-refractivity contribution >= 4 is 17.5 Å². The number of nitrogens with two attached hydrogens (primary N) is 1. The molecule has 246 valence electrons. The van der Waals surface area contributed by atoms with E-state index in [2.05, 4.69) is 6.92 Å². The zero-order chi connectivity index (χ0) is 33.4. The van der Waals surface area contributed by atoms with E-state index in [1.54, 1.807) is 0 Å². The Morgan fingerprint density at radius 3 is 2.27 bits per heavy atom. The van der Waals surface area contributed by atoms with Crippen molar-refractivity contribution in [2.75, 3.05) is 27.2 Å². The SMILES string of the molecule is CCN(Cc1cc(O)c2c(c1C(F)(F)F)C[C@H]1C[C@H]3[C@H](N(C)C)C(O)=C(C(N)=O)C(=O)[C@@]3(O)C(O)=C1C2=O)CC1(CC)CCC1. The monoisotopic (exact) mass is 635 g/mol. The Kier molecular flexibility index (Phi) is 8.15. The van der Waals surface area contributed by atoms with Crippen LogP contribution in [-0.4, -0.2) is 86.5 Å². The topological polar surface area (TPSA) is 165 Å². The lowest BCUT2D eigenvalue weighted by Crippen LogP contribution is -2.63. The number of phenolic OH excluding ortho intramolecular Hbond substituents is 1. The minimum atomic E-state index is -4.89. The van der Waals surface area contributed by atoms with Gasteiger partial charge >= 0.3 is 6.18 Å². The number of carbonyl (C=O) groups excluding carboxylic acids is 3. The van der Waals surface area contributed by atoms with Crippen LogP contribution in [0.4, 0.5) is 13.2 Å². The number of aromatic hydroxyl groups is 1. The van der Waals surface area contributed by atoms with E-state index >= 15 is 0 Å². The van der Waals surface area contributed by atoms with Gasteiger partial charge < -0.3 is 26.2 Å². The number of aliphatic hydroxyl groups excluding tert-OH is 2. The third-order valence-corrected chi connectivity index (χ3v) is 10.7. The van der Waals surface area contributed by atoms with Crippen LogP contribution in [0.1, 0.15) is 73.0 Å². The second-order valence-corrected chi connectivity index (χ2v) is 13.3. The van der Waals surface area contributed by atoms with Gasteiger partial charge in [0.15, 0.2) is 11.4 Å². The maximum atomic E-state index is 14.9. The smallest absolute Gasteiger partial charge is 0.417 e. The van der Waals surface area contributed by atoms with E-state index in [-0.39, 0.29) is 23.9 Å². The lowest BCUT2D eigenvalue weighted by atomic mass is 9.58. The predicted octanol–water partition coefficient (Wildman–Crippen LogP) is 3.54. The quantitative estimate of drug-likeness (QED) is 0.269. The highest BCUT2D eigenvalue weighted by Crippen LogP contribution is 2.54. The van der Waals surface area contributed by atoms with Crippen molar-refractivity contribution in [2.24, 2.45) is 23.0 Å². The van der Waals surface area contributed by atoms with Gasteiger partial charge in [0, 0.05) is 24.6 Å². The minimum absolute atomic E-state index is 0.0333. The molecule has 1 saturated carbocycles. The van der Waals surface area contributed by atoms with Gasteiger partial charge in [-0.3, -0.25) is 24.2 Å². The van der Waals surface area contributed by atoms with E-state index in [0.717, 1.165) is 31.7 Å². The molecule has 0 aliphatic heterocycles. The molecular formula is C32H40F3N3O7. The minimum Gasteiger partial charge on any atom is -0.510 e. The van der Waals surface area contributed by atoms with Crippen LogP contribution >= 0.6 is 0 Å². The number of likely N-dealkylation sites (N-methyl/N-ethyl adjacent to an activating group) is 1. The van der Waals surface area contributed by atoms with E-state index in [1.165, 1.54) is 19.0 Å². The van der Waals surface area contributed by atoms with Crippen molar-refractivity contribution in [1.29, 1.82) is 0 Å². The largest absolute Gasteiger partial charge is 0.510 e. The molecular weight excluding hydrogens is 595 g/mol. The number of benzene rings is 1. The van der Waals surface area contributed by atoms with Crippen LogP contribution in [0.2, 0.25) is 0 Å². The Morgan fingerprint density at radius 2 is 1.78 bits per heavy atom. The third kappa shape index (κ3) is 4.94. The number of carbonyl (C=O) groups is 3. The number of amides is 1. The van der Waals surface area contributed by atoms with E-state index in [1.807, 2.05) is 11.8 Å². The number of fused-ring (bicyclic) bond motifs is 3. The molecule has 4 aliphatic rings. The summed E-state index contributed by atoms with van der Waals surface area (Å²) in [6.45, 7) is 4.90. The van der Waals surface area contributed by atoms with Gasteiger partial charge in [-0.1, -0.05) is 20.3 Å². The molecule has 5 rings (SSSR count). The molecule has 13 heteroatoms. The molecule has 1 aromatic rings. The summed E-state index contributed by atoms with van der Waals surface area (Å²) in [5.74, 6) is -8.94. The van der Waals surface area contributed by atoms with Crippen molar-refractivity contribution in [3.63, 3.8) is 0 Å². The average molecular weight is 636 g/mol. The van der Waals surface area contributed by atoms with Crippen molar-refractivity contribution < 1.29 is 48.0 Å². The number of halogens is 3. The fourth-order valence-corrected chi connectivity index (χ4v) is 8.16. The molecule has 0 saturated heterocycles. The van der Waals surface area contributed by atoms with E-state index in [0.29, 0.717) is 13.1 Å². The molecule has 0 aromatic heterocycles. The number of alkyl halides is 3. The molecule has 0 unspecified atom stereocenters. The summed E-state index contributed by atoms with van der Waals surface area (Å²) in [5.41, 5.74) is -1.23. The zero-order valence-electron chi connectivity index (χ0n) is 25.8. The molecule has 1 aromatic carbocycles. The number of aliphatic hydroxyl groups is 3. The van der Waals surface area contributed by atoms with E-state index in [9.17, 15) is 48.0 Å². The number of nitrogens with zero attached hydrogens (tertiary/aromatic N) is 2. The average Bonchev–Trinajstić information content (AvgIpc) is 2.90. The number of allylic oxidation sites excluding steroid dienone is 1. The van der Waals surface area contributed by atoms with Gasteiger partial charge in [0.2, 0.25) is 5.78 Å². The van der Waals surface area contributed by atoms with Crippen molar-refractivity contribution in [3.8, 4) is 5.75 Å². The van der Waals surface area contributed by atoms with Gasteiger partial charge in [-0.05, 0) is 81.3 Å². The molecule has 0 spiro atoms. The number of hydrogen-bond donors (Lipinski definition) is 5. The Morgan fingerprint density at radius 1 is 1.13 bits per heavy atom. The molecule has 4 aliphatic carbocycles. The Bertz CT molecular complexity index is 1520. The normalized spacial score (nSPS) is 27.8. The van der Waals surface area contributed by atoms with Crippen LogP contribution in [-0.2, 0) is 28.7 Å². The molecule has 6 N–H and O–H groups in total. The van der Waals surface area contributed by atoms with Crippen LogP contribution < -0.4 is 5.73 Å². The zero-order valence-corrected chi connectivity index (χ0v) is 25.8. The van der Waals surface area contributed by atoms with Crippen molar-refractivity contribution in [2.45, 2.75) is 76.7 Å². The maximum Gasteiger partial charge on any atom is 0.417 e. The lowest BCUT2D eigenvalue weighted by molar-refractivity contribution is -0.148. The predicted molar refractivity (Wildman–Crippen MR) is 156 cm³/mol. The van der Waals surface area contributed by atoms with Crippen molar-refractivity contribution in [1.82, 2.24) is 9.80 Å². The fraction of sp³-hybridized carbons (Fsp3) is 0.594. The highest BCUT2D eigenvalue weighted by molar-refractivity contribution is 6.24. The van der Waals surface area contributed by atoms with E-state index < -0.39 is 98.7 Å². The molecule has 10 nitrogen and oxygen atoms in total. The molecule has 45 heavy (non-hydrogen) atoms. The van der Waals surface area contributed by atoms with Crippen LogP contribution in [0, 0.1) is 17.3 Å². The first-order valence-electron chi connectivity index (χ1n) is 15.3. The summed E-state index contributed by atoms with van der Waals surface area (Å²) in [6.07, 6.45) is -1.68. The van der Waals surface area contributed by atoms with Gasteiger partial charge in [-0.25, -0.2) is 0 Å². The number of Topliss-reactive ketones (excluding diaryl/α,β-unsaturated/α-hetero) is 2. The Labute approximate surface area is 259 Å². The summed E-state index contributed by atoms with van der Waals surface area (Å²) in [4.78, 5) is 42.8. The first-order chi connectivity index (χ1) is 20.9. The van der Waals surface area contributed by atoms with Crippen LogP contribution in [0.25, 0.3) is 0 Å². The fourth-order valence-electron chi connectivity index (χ4n) is 8.16. The van der Waals surface area contributed by atoms with Gasteiger partial charge in [-0.2, -0.15) is 13.2 Å². The summed E-state index contributed by atoms with van der Waals surface area (Å²) >= 11 is 0. The first-order valence-corrected chi connectivity index (χ1v) is 15.3. The number of primary amides is 1. The number of hydrogen-bond acceptors (Lipinski definition) is 9. The van der Waals surface area contributed by atoms with Crippen LogP contribution in [0.5, 0.6) is 5.75 Å². The van der Waals surface area contributed by atoms with Crippen LogP contribution in [0.3, 0.4) is 0 Å². The Balaban J connectivity index is 1.65. The van der Waals surface area contributed by atoms with Gasteiger partial charge in [0.25, 0.3) is 5.91 Å². The second-order valence-electron chi connectivity index (χ2n) is 13.3. The molecule has 1 amide bonds. The summed E-state index contributed by atoms with van der Waals surface area (Å²) < 4.78 is 44.7. The molecule has 0 bridgehead atoms. The molecule has 1 fully saturated rings. The summed E-state index contributed by atoms with van der Waals surface area (Å²) in [5, 5.41) is 45.1. The number of rotatable bonds is 8. The highest BCUT2D eigenvalue weighted by Gasteiger charge is 2.63. The number of ketones is 2. The van der Waals surface area contributed by atoms with Gasteiger partial charge in [0.1, 0.15) is 22.8 Å². The van der Waals surface area contributed by atoms with Gasteiger partial charge in [0.05, 0.1) is 17.2 Å². The van der Waals surface area contributed by atoms with Crippen molar-refractivity contribution in [3.05, 3.63) is 51.0 Å². The lowest BCUT2D eigenvalue weighted by Gasteiger charge is -2.50. The standard InChI is InChI=1S/C32H40F3N3O7/c1-5-30(8-7-9-30)14-38(6-2)13-16-12-19(39)21-17(23(16)32(33,34)35)10-15-11-18-24(37(3)4)26(41)22(29(36)44)28(43)31(18,45)27(42)20(15)25(21)40/h12,15,18,24,39,41-42,45H,5-11,13-14H2,1-4H3,(H2,36,44)/t15-,18-,24-,31-/m0/s1. The molecule has 4 atom stereocenters. The number of phenols is 1. The summed E-state index contributed by atoms with van der Waals surface area (Å²) in [7, 11) is 2.95. The highest BCUT2D eigenvalue weighted by atomic mass is 19.4. The molecule has 0 heterocycles. The Hall–Kier alpha value is -3.42. The van der Waals surface area contributed by atoms with Gasteiger partial charge in [-0.15, -0.1) is 0 Å². The van der Waals surface area contributed by atoms with E-state index in [4.69, 9.17) is 5.73 Å². The van der Waals surface area contributed by atoms with Crippen LogP contribution in [0.15, 0.2) is 28.7 Å². The third-order valence-electron chi connectivity index (χ3n) is 10.7.